The minimum absolute atomic E-state index is 0.384. The van der Waals surface area contributed by atoms with Crippen LogP contribution in [0.25, 0.3) is 0 Å². The highest BCUT2D eigenvalue weighted by molar-refractivity contribution is 6.51. The maximum absolute atomic E-state index is 12.9. The first kappa shape index (κ1) is 24.6. The molecule has 3 aromatic rings. The van der Waals surface area contributed by atoms with Gasteiger partial charge in [-0.2, -0.15) is 26.3 Å². The Morgan fingerprint density at radius 1 is 0.441 bits per heavy atom. The van der Waals surface area contributed by atoms with Gasteiger partial charge in [0.05, 0.1) is 11.1 Å². The van der Waals surface area contributed by atoms with Crippen LogP contribution >= 0.6 is 0 Å². The molecule has 0 heterocycles. The van der Waals surface area contributed by atoms with E-state index in [1.165, 1.54) is 0 Å². The summed E-state index contributed by atoms with van der Waals surface area (Å²) in [5, 5.41) is 0. The van der Waals surface area contributed by atoms with Crippen molar-refractivity contribution in [2.45, 2.75) is 12.4 Å². The molecule has 0 amide bonds. The monoisotopic (exact) mass is 478 g/mol. The van der Waals surface area contributed by atoms with Crippen molar-refractivity contribution in [1.82, 2.24) is 0 Å². The quantitative estimate of drug-likeness (QED) is 0.253. The van der Waals surface area contributed by atoms with Crippen LogP contribution in [0.3, 0.4) is 0 Å². The van der Waals surface area contributed by atoms with Gasteiger partial charge in [0.2, 0.25) is 23.1 Å². The van der Waals surface area contributed by atoms with Crippen molar-refractivity contribution >= 4 is 23.1 Å². The molecule has 0 unspecified atom stereocenters. The molecular formula is C24H12F6O4. The third-order valence-electron chi connectivity index (χ3n) is 4.70. The molecule has 3 aromatic carbocycles. The van der Waals surface area contributed by atoms with E-state index >= 15 is 0 Å². The van der Waals surface area contributed by atoms with Gasteiger partial charge in [-0.25, -0.2) is 0 Å². The smallest absolute Gasteiger partial charge is 0.285 e. The molecule has 0 radical (unpaired) electrons. The van der Waals surface area contributed by atoms with Gasteiger partial charge in [-0.15, -0.1) is 0 Å². The van der Waals surface area contributed by atoms with E-state index in [2.05, 4.69) is 0 Å². The van der Waals surface area contributed by atoms with Crippen LogP contribution in [0.15, 0.2) is 72.8 Å². The molecule has 0 aliphatic heterocycles. The molecule has 0 saturated carbocycles. The van der Waals surface area contributed by atoms with Crippen molar-refractivity contribution < 1.29 is 45.5 Å². The van der Waals surface area contributed by atoms with Gasteiger partial charge >= 0.3 is 12.4 Å². The number of hydrogen-bond acceptors (Lipinski definition) is 4. The second-order valence-electron chi connectivity index (χ2n) is 7.05. The molecule has 0 atom stereocenters. The molecule has 4 nitrogen and oxygen atoms in total. The maximum atomic E-state index is 12.9. The van der Waals surface area contributed by atoms with Gasteiger partial charge in [-0.05, 0) is 30.3 Å². The number of halogens is 6. The average molecular weight is 478 g/mol. The fraction of sp³-hybridized carbons (Fsp3) is 0.0833. The minimum Gasteiger partial charge on any atom is -0.285 e. The summed E-state index contributed by atoms with van der Waals surface area (Å²) in [6.07, 6.45) is -9.48. The Labute approximate surface area is 187 Å². The lowest BCUT2D eigenvalue weighted by Gasteiger charge is -2.09. The highest BCUT2D eigenvalue weighted by Gasteiger charge is 2.33. The zero-order chi connectivity index (χ0) is 25.3. The lowest BCUT2D eigenvalue weighted by Crippen LogP contribution is -2.18. The topological polar surface area (TPSA) is 68.3 Å². The largest absolute Gasteiger partial charge is 0.416 e. The molecular weight excluding hydrogens is 466 g/mol. The predicted molar refractivity (Wildman–Crippen MR) is 107 cm³/mol. The van der Waals surface area contributed by atoms with Gasteiger partial charge in [-0.1, -0.05) is 42.5 Å². The second kappa shape index (κ2) is 9.05. The van der Waals surface area contributed by atoms with E-state index < -0.39 is 57.7 Å². The van der Waals surface area contributed by atoms with E-state index in [9.17, 15) is 45.5 Å². The van der Waals surface area contributed by atoms with E-state index in [1.807, 2.05) is 0 Å². The normalized spacial score (nSPS) is 11.7. The number of ketones is 4. The molecule has 10 heteroatoms. The lowest BCUT2D eigenvalue weighted by atomic mass is 9.95. The summed E-state index contributed by atoms with van der Waals surface area (Å²) >= 11 is 0. The fourth-order valence-electron chi connectivity index (χ4n) is 3.00. The Balaban J connectivity index is 1.87. The summed E-state index contributed by atoms with van der Waals surface area (Å²) in [5.41, 5.74) is -4.10. The van der Waals surface area contributed by atoms with Gasteiger partial charge in [0.1, 0.15) is 0 Å². The van der Waals surface area contributed by atoms with Crippen LogP contribution in [0.1, 0.15) is 52.6 Å². The fourth-order valence-corrected chi connectivity index (χ4v) is 3.00. The molecule has 0 aliphatic rings. The van der Waals surface area contributed by atoms with Crippen molar-refractivity contribution in [3.05, 3.63) is 106 Å². The van der Waals surface area contributed by atoms with Crippen LogP contribution in [-0.2, 0) is 12.4 Å². The summed E-state index contributed by atoms with van der Waals surface area (Å²) in [4.78, 5) is 49.9. The third kappa shape index (κ3) is 5.28. The number of rotatable bonds is 6. The summed E-state index contributed by atoms with van der Waals surface area (Å²) < 4.78 is 77.2. The molecule has 0 saturated heterocycles. The molecule has 0 aliphatic carbocycles. The number of carbonyl (C=O) groups excluding carboxylic acids is 4. The molecule has 0 bridgehead atoms. The van der Waals surface area contributed by atoms with Gasteiger partial charge in [0, 0.05) is 22.3 Å². The summed E-state index contributed by atoms with van der Waals surface area (Å²) in [5.74, 6) is -5.03. The number of benzene rings is 3. The minimum atomic E-state index is -4.74. The molecule has 0 aromatic heterocycles. The van der Waals surface area contributed by atoms with Crippen LogP contribution in [0.2, 0.25) is 0 Å². The number of hydrogen-bond donors (Lipinski definition) is 0. The maximum Gasteiger partial charge on any atom is 0.416 e. The molecule has 3 rings (SSSR count). The average Bonchev–Trinajstić information content (AvgIpc) is 2.81. The van der Waals surface area contributed by atoms with Crippen molar-refractivity contribution in [2.24, 2.45) is 0 Å². The SMILES string of the molecule is O=C(C(=O)c1cccc(C(F)(F)F)c1)c1cccc(C(=O)C(=O)c2cccc(C(F)(F)F)c2)c1. The van der Waals surface area contributed by atoms with Crippen molar-refractivity contribution in [1.29, 1.82) is 0 Å². The molecule has 34 heavy (non-hydrogen) atoms. The number of carbonyl (C=O) groups is 4. The van der Waals surface area contributed by atoms with Crippen molar-refractivity contribution in [3.8, 4) is 0 Å². The second-order valence-corrected chi connectivity index (χ2v) is 7.05. The first-order valence-electron chi connectivity index (χ1n) is 9.41. The van der Waals surface area contributed by atoms with E-state index in [0.717, 1.165) is 60.7 Å². The van der Waals surface area contributed by atoms with E-state index in [4.69, 9.17) is 0 Å². The first-order valence-corrected chi connectivity index (χ1v) is 9.41. The molecule has 0 fully saturated rings. The van der Waals surface area contributed by atoms with E-state index in [-0.39, 0.29) is 11.1 Å². The van der Waals surface area contributed by atoms with E-state index in [0.29, 0.717) is 12.1 Å². The zero-order valence-electron chi connectivity index (χ0n) is 16.8. The summed E-state index contributed by atoms with van der Waals surface area (Å²) in [6.45, 7) is 0. The first-order chi connectivity index (χ1) is 15.8. The van der Waals surface area contributed by atoms with Crippen LogP contribution in [0.4, 0.5) is 26.3 Å². The molecule has 0 spiro atoms. The third-order valence-corrected chi connectivity index (χ3v) is 4.70. The highest BCUT2D eigenvalue weighted by Crippen LogP contribution is 2.31. The Hall–Kier alpha value is -4.08. The lowest BCUT2D eigenvalue weighted by molar-refractivity contribution is -0.138. The predicted octanol–water partition coefficient (Wildman–Crippen LogP) is 5.86. The summed E-state index contributed by atoms with van der Waals surface area (Å²) in [6, 6.07) is 10.6. The van der Waals surface area contributed by atoms with Gasteiger partial charge in [-0.3, -0.25) is 19.2 Å². The zero-order valence-corrected chi connectivity index (χ0v) is 16.8. The van der Waals surface area contributed by atoms with Crippen LogP contribution < -0.4 is 0 Å². The Bertz CT molecular complexity index is 1210. The Morgan fingerprint density at radius 3 is 1.00 bits per heavy atom. The standard InChI is InChI=1S/C24H12F6O4/c25-23(26,27)17-8-2-6-15(11-17)21(33)19(31)13-4-1-5-14(10-13)20(32)22(34)16-7-3-9-18(12-16)24(28,29)30/h1-12H. The van der Waals surface area contributed by atoms with Gasteiger partial charge in [0.15, 0.2) is 0 Å². The Morgan fingerprint density at radius 2 is 0.706 bits per heavy atom. The molecule has 0 N–H and O–H groups in total. The number of alkyl halides is 6. The van der Waals surface area contributed by atoms with Gasteiger partial charge in [0.25, 0.3) is 0 Å². The molecule has 174 valence electrons. The van der Waals surface area contributed by atoms with E-state index in [1.54, 1.807) is 0 Å². The van der Waals surface area contributed by atoms with Gasteiger partial charge < -0.3 is 0 Å². The van der Waals surface area contributed by atoms with Crippen molar-refractivity contribution in [2.75, 3.05) is 0 Å². The Kier molecular flexibility index (Phi) is 6.53. The summed E-state index contributed by atoms with van der Waals surface area (Å²) in [7, 11) is 0. The van der Waals surface area contributed by atoms with Crippen LogP contribution in [0, 0.1) is 0 Å². The highest BCUT2D eigenvalue weighted by atomic mass is 19.4. The number of Topliss-reactive ketones (excluding diaryl/α,β-unsaturated/α-hetero) is 4. The van der Waals surface area contributed by atoms with Crippen LogP contribution in [-0.4, -0.2) is 23.1 Å². The van der Waals surface area contributed by atoms with Crippen molar-refractivity contribution in [3.63, 3.8) is 0 Å². The van der Waals surface area contributed by atoms with Crippen LogP contribution in [0.5, 0.6) is 0 Å².